The van der Waals surface area contributed by atoms with E-state index in [1.165, 1.54) is 12.3 Å². The summed E-state index contributed by atoms with van der Waals surface area (Å²) in [4.78, 5) is 3.97. The van der Waals surface area contributed by atoms with Crippen LogP contribution in [0, 0.1) is 12.7 Å². The molecule has 17 heavy (non-hydrogen) atoms. The Morgan fingerprint density at radius 3 is 2.76 bits per heavy atom. The highest BCUT2D eigenvalue weighted by Gasteiger charge is 2.05. The van der Waals surface area contributed by atoms with Gasteiger partial charge in [0.15, 0.2) is 11.6 Å². The van der Waals surface area contributed by atoms with Crippen molar-refractivity contribution in [1.82, 2.24) is 4.98 Å². The summed E-state index contributed by atoms with van der Waals surface area (Å²) in [6, 6.07) is 7.90. The van der Waals surface area contributed by atoms with Crippen molar-refractivity contribution in [3.05, 3.63) is 53.5 Å². The summed E-state index contributed by atoms with van der Waals surface area (Å²) in [5.74, 6) is 0.0181. The molecule has 2 rings (SSSR count). The van der Waals surface area contributed by atoms with Crippen LogP contribution in [0.1, 0.15) is 11.1 Å². The predicted molar refractivity (Wildman–Crippen MR) is 61.4 cm³/mol. The molecule has 0 saturated heterocycles. The molecule has 2 aromatic rings. The van der Waals surface area contributed by atoms with Crippen LogP contribution < -0.4 is 4.74 Å². The Balaban J connectivity index is 2.22. The van der Waals surface area contributed by atoms with Crippen molar-refractivity contribution in [3.8, 4) is 11.6 Å². The van der Waals surface area contributed by atoms with Gasteiger partial charge < -0.3 is 9.84 Å². The minimum absolute atomic E-state index is 0.0773. The second-order valence-corrected chi connectivity index (χ2v) is 3.70. The van der Waals surface area contributed by atoms with Gasteiger partial charge in [0.05, 0.1) is 6.61 Å². The highest BCUT2D eigenvalue weighted by molar-refractivity contribution is 5.32. The Morgan fingerprint density at radius 2 is 2.12 bits per heavy atom. The predicted octanol–water partition coefficient (Wildman–Crippen LogP) is 2.81. The summed E-state index contributed by atoms with van der Waals surface area (Å²) >= 11 is 0. The van der Waals surface area contributed by atoms with Crippen LogP contribution in [0.4, 0.5) is 4.39 Å². The second kappa shape index (κ2) is 4.93. The van der Waals surface area contributed by atoms with Crippen molar-refractivity contribution in [2.75, 3.05) is 0 Å². The van der Waals surface area contributed by atoms with Crippen LogP contribution in [0.2, 0.25) is 0 Å². The first-order valence-corrected chi connectivity index (χ1v) is 5.19. The van der Waals surface area contributed by atoms with Crippen molar-refractivity contribution < 1.29 is 14.2 Å². The van der Waals surface area contributed by atoms with Crippen LogP contribution in [0.25, 0.3) is 0 Å². The van der Waals surface area contributed by atoms with E-state index in [1.807, 2.05) is 6.92 Å². The molecular formula is C13H12FNO2. The van der Waals surface area contributed by atoms with Gasteiger partial charge in [-0.25, -0.2) is 9.37 Å². The maximum absolute atomic E-state index is 13.4. The smallest absolute Gasteiger partial charge is 0.219 e. The summed E-state index contributed by atoms with van der Waals surface area (Å²) in [5.41, 5.74) is 1.59. The van der Waals surface area contributed by atoms with Crippen molar-refractivity contribution in [3.63, 3.8) is 0 Å². The fourth-order valence-corrected chi connectivity index (χ4v) is 1.37. The normalized spacial score (nSPS) is 10.3. The molecule has 0 aliphatic rings. The van der Waals surface area contributed by atoms with Crippen molar-refractivity contribution >= 4 is 0 Å². The number of hydrogen-bond donors (Lipinski definition) is 1. The summed E-state index contributed by atoms with van der Waals surface area (Å²) < 4.78 is 18.7. The lowest BCUT2D eigenvalue weighted by Gasteiger charge is -2.06. The largest absolute Gasteiger partial charge is 0.436 e. The first-order valence-electron chi connectivity index (χ1n) is 5.19. The molecule has 0 atom stereocenters. The molecule has 0 amide bonds. The molecule has 1 heterocycles. The van der Waals surface area contributed by atoms with E-state index in [2.05, 4.69) is 4.98 Å². The number of ether oxygens (including phenoxy) is 1. The number of aryl methyl sites for hydroxylation is 1. The summed E-state index contributed by atoms with van der Waals surface area (Å²) in [6.07, 6.45) is 1.49. The van der Waals surface area contributed by atoms with Crippen LogP contribution in [-0.4, -0.2) is 10.1 Å². The molecule has 3 nitrogen and oxygen atoms in total. The van der Waals surface area contributed by atoms with E-state index < -0.39 is 5.82 Å². The van der Waals surface area contributed by atoms with E-state index >= 15 is 0 Å². The standard InChI is InChI=1S/C13H12FNO2/c1-9-2-4-11(14)12(6-9)17-13-5-3-10(8-16)7-15-13/h2-7,16H,8H2,1H3. The van der Waals surface area contributed by atoms with Crippen LogP contribution in [0.5, 0.6) is 11.6 Å². The highest BCUT2D eigenvalue weighted by Crippen LogP contribution is 2.23. The molecule has 4 heteroatoms. The lowest BCUT2D eigenvalue weighted by atomic mass is 10.2. The van der Waals surface area contributed by atoms with Crippen molar-refractivity contribution in [2.45, 2.75) is 13.5 Å². The van der Waals surface area contributed by atoms with Crippen LogP contribution in [0.3, 0.4) is 0 Å². The minimum atomic E-state index is -0.427. The maximum atomic E-state index is 13.4. The van der Waals surface area contributed by atoms with Gasteiger partial charge in [0.25, 0.3) is 0 Å². The molecular weight excluding hydrogens is 221 g/mol. The SMILES string of the molecule is Cc1ccc(F)c(Oc2ccc(CO)cn2)c1. The Morgan fingerprint density at radius 1 is 1.29 bits per heavy atom. The van der Waals surface area contributed by atoms with E-state index in [4.69, 9.17) is 9.84 Å². The Bertz CT molecular complexity index is 511. The number of aromatic nitrogens is 1. The quantitative estimate of drug-likeness (QED) is 0.886. The third-order valence-corrected chi connectivity index (χ3v) is 2.28. The topological polar surface area (TPSA) is 42.4 Å². The number of rotatable bonds is 3. The molecule has 0 spiro atoms. The molecule has 88 valence electrons. The molecule has 0 fully saturated rings. The number of nitrogens with zero attached hydrogens (tertiary/aromatic N) is 1. The van der Waals surface area contributed by atoms with Gasteiger partial charge in [-0.05, 0) is 36.2 Å². The van der Waals surface area contributed by atoms with Crippen molar-refractivity contribution in [2.24, 2.45) is 0 Å². The molecule has 1 aromatic heterocycles. The molecule has 0 bridgehead atoms. The Labute approximate surface area is 98.5 Å². The van der Waals surface area contributed by atoms with Crippen molar-refractivity contribution in [1.29, 1.82) is 0 Å². The lowest BCUT2D eigenvalue weighted by Crippen LogP contribution is -1.92. The van der Waals surface area contributed by atoms with Gasteiger partial charge in [-0.15, -0.1) is 0 Å². The van der Waals surface area contributed by atoms with Gasteiger partial charge >= 0.3 is 0 Å². The first-order chi connectivity index (χ1) is 8.19. The Hall–Kier alpha value is -1.94. The molecule has 1 N–H and O–H groups in total. The highest BCUT2D eigenvalue weighted by atomic mass is 19.1. The van der Waals surface area contributed by atoms with Gasteiger partial charge in [-0.3, -0.25) is 0 Å². The fraction of sp³-hybridized carbons (Fsp3) is 0.154. The van der Waals surface area contributed by atoms with Gasteiger partial charge in [0.1, 0.15) is 0 Å². The summed E-state index contributed by atoms with van der Waals surface area (Å²) in [7, 11) is 0. The second-order valence-electron chi connectivity index (χ2n) is 3.70. The molecule has 0 unspecified atom stereocenters. The van der Waals surface area contributed by atoms with Gasteiger partial charge in [0.2, 0.25) is 5.88 Å². The van der Waals surface area contributed by atoms with Crippen LogP contribution >= 0.6 is 0 Å². The minimum Gasteiger partial charge on any atom is -0.436 e. The van der Waals surface area contributed by atoms with Crippen LogP contribution in [0.15, 0.2) is 36.5 Å². The van der Waals surface area contributed by atoms with Gasteiger partial charge in [-0.2, -0.15) is 0 Å². The average Bonchev–Trinajstić information content (AvgIpc) is 2.35. The Kier molecular flexibility index (Phi) is 3.35. The lowest BCUT2D eigenvalue weighted by molar-refractivity contribution is 0.281. The van der Waals surface area contributed by atoms with E-state index in [0.29, 0.717) is 11.4 Å². The van der Waals surface area contributed by atoms with E-state index in [0.717, 1.165) is 5.56 Å². The van der Waals surface area contributed by atoms with Gasteiger partial charge in [0, 0.05) is 12.3 Å². The zero-order valence-corrected chi connectivity index (χ0v) is 9.35. The molecule has 0 aliphatic heterocycles. The van der Waals surface area contributed by atoms with E-state index in [1.54, 1.807) is 24.3 Å². The molecule has 1 aromatic carbocycles. The van der Waals surface area contributed by atoms with E-state index in [-0.39, 0.29) is 12.4 Å². The first kappa shape index (κ1) is 11.5. The van der Waals surface area contributed by atoms with E-state index in [9.17, 15) is 4.39 Å². The molecule has 0 radical (unpaired) electrons. The third-order valence-electron chi connectivity index (χ3n) is 2.28. The number of halogens is 1. The number of benzene rings is 1. The fourth-order valence-electron chi connectivity index (χ4n) is 1.37. The number of pyridine rings is 1. The zero-order chi connectivity index (χ0) is 12.3. The number of aliphatic hydroxyl groups is 1. The van der Waals surface area contributed by atoms with Gasteiger partial charge in [-0.1, -0.05) is 6.07 Å². The third kappa shape index (κ3) is 2.79. The average molecular weight is 233 g/mol. The monoisotopic (exact) mass is 233 g/mol. The summed E-state index contributed by atoms with van der Waals surface area (Å²) in [6.45, 7) is 1.78. The number of aliphatic hydroxyl groups excluding tert-OH is 1. The summed E-state index contributed by atoms with van der Waals surface area (Å²) in [5, 5.41) is 8.86. The molecule has 0 aliphatic carbocycles. The van der Waals surface area contributed by atoms with Crippen LogP contribution in [-0.2, 0) is 6.61 Å². The maximum Gasteiger partial charge on any atom is 0.219 e. The molecule has 0 saturated carbocycles. The zero-order valence-electron chi connectivity index (χ0n) is 9.35. The number of hydrogen-bond acceptors (Lipinski definition) is 3.